The lowest BCUT2D eigenvalue weighted by molar-refractivity contribution is -0.116. The third-order valence-electron chi connectivity index (χ3n) is 4.82. The molecular formula is C22H19ClFN5O2. The third-order valence-corrected chi connectivity index (χ3v) is 5.07. The summed E-state index contributed by atoms with van der Waals surface area (Å²) in [4.78, 5) is 25.1. The van der Waals surface area contributed by atoms with Crippen molar-refractivity contribution < 1.29 is 9.18 Å². The maximum Gasteiger partial charge on any atom is 0.300 e. The van der Waals surface area contributed by atoms with Crippen LogP contribution in [0.3, 0.4) is 0 Å². The molecule has 0 bridgehead atoms. The van der Waals surface area contributed by atoms with Gasteiger partial charge in [-0.3, -0.25) is 18.6 Å². The SMILES string of the molecule is CC(CC(=O)Nc1ccc(Cl)cc1)Cc1nnc2c(=O)n(-c3cccc(F)c3)ccn12. The van der Waals surface area contributed by atoms with Crippen molar-refractivity contribution >= 4 is 28.8 Å². The summed E-state index contributed by atoms with van der Waals surface area (Å²) >= 11 is 5.85. The molecule has 2 heterocycles. The molecule has 2 aromatic carbocycles. The summed E-state index contributed by atoms with van der Waals surface area (Å²) in [5.41, 5.74) is 0.816. The molecule has 0 saturated heterocycles. The molecule has 0 aliphatic carbocycles. The van der Waals surface area contributed by atoms with E-state index in [1.54, 1.807) is 47.1 Å². The lowest BCUT2D eigenvalue weighted by atomic mass is 10.0. The van der Waals surface area contributed by atoms with Crippen molar-refractivity contribution in [1.29, 1.82) is 0 Å². The number of amides is 1. The summed E-state index contributed by atoms with van der Waals surface area (Å²) in [6.07, 6.45) is 3.95. The number of anilines is 1. The van der Waals surface area contributed by atoms with E-state index in [0.717, 1.165) is 0 Å². The van der Waals surface area contributed by atoms with Gasteiger partial charge in [0.05, 0.1) is 5.69 Å². The predicted octanol–water partition coefficient (Wildman–Crippen LogP) is 3.88. The Morgan fingerprint density at radius 1 is 1.16 bits per heavy atom. The Bertz CT molecular complexity index is 1300. The normalized spacial score (nSPS) is 12.1. The van der Waals surface area contributed by atoms with Gasteiger partial charge in [0.2, 0.25) is 11.6 Å². The molecule has 2 aromatic heterocycles. The minimum Gasteiger partial charge on any atom is -0.326 e. The van der Waals surface area contributed by atoms with Gasteiger partial charge in [-0.1, -0.05) is 24.6 Å². The van der Waals surface area contributed by atoms with E-state index in [0.29, 0.717) is 28.6 Å². The number of hydrogen-bond donors (Lipinski definition) is 1. The molecule has 0 fully saturated rings. The van der Waals surface area contributed by atoms with Crippen LogP contribution in [0.5, 0.6) is 0 Å². The van der Waals surface area contributed by atoms with Gasteiger partial charge >= 0.3 is 5.56 Å². The van der Waals surface area contributed by atoms with Gasteiger partial charge in [-0.05, 0) is 48.4 Å². The number of nitrogens with one attached hydrogen (secondary N) is 1. The molecule has 0 spiro atoms. The van der Waals surface area contributed by atoms with E-state index in [-0.39, 0.29) is 23.9 Å². The van der Waals surface area contributed by atoms with Crippen molar-refractivity contribution in [3.63, 3.8) is 0 Å². The summed E-state index contributed by atoms with van der Waals surface area (Å²) in [5.74, 6) is -0.0233. The highest BCUT2D eigenvalue weighted by Gasteiger charge is 2.16. The van der Waals surface area contributed by atoms with Crippen LogP contribution in [0.25, 0.3) is 11.3 Å². The zero-order valence-corrected chi connectivity index (χ0v) is 17.4. The minimum absolute atomic E-state index is 0.0367. The molecule has 9 heteroatoms. The van der Waals surface area contributed by atoms with E-state index >= 15 is 0 Å². The lowest BCUT2D eigenvalue weighted by Crippen LogP contribution is -2.21. The van der Waals surface area contributed by atoms with Gasteiger partial charge in [-0.2, -0.15) is 0 Å². The van der Waals surface area contributed by atoms with E-state index in [4.69, 9.17) is 11.6 Å². The Labute approximate surface area is 182 Å². The van der Waals surface area contributed by atoms with Crippen molar-refractivity contribution in [3.8, 4) is 5.69 Å². The molecule has 4 aromatic rings. The Balaban J connectivity index is 1.48. The van der Waals surface area contributed by atoms with Crippen molar-refractivity contribution in [3.05, 3.63) is 87.9 Å². The average molecular weight is 440 g/mol. The second-order valence-corrected chi connectivity index (χ2v) is 7.77. The molecule has 1 N–H and O–H groups in total. The Morgan fingerprint density at radius 3 is 2.68 bits per heavy atom. The highest BCUT2D eigenvalue weighted by Crippen LogP contribution is 2.16. The van der Waals surface area contributed by atoms with E-state index in [1.165, 1.54) is 22.8 Å². The monoisotopic (exact) mass is 439 g/mol. The van der Waals surface area contributed by atoms with Gasteiger partial charge in [0.15, 0.2) is 0 Å². The standard InChI is InChI=1S/C22H19ClFN5O2/c1-14(12-20(30)25-17-7-5-15(23)6-8-17)11-19-26-27-21-22(31)28(9-10-29(19)21)18-4-2-3-16(24)13-18/h2-10,13-14H,11-12H2,1H3,(H,25,30). The maximum absolute atomic E-state index is 13.5. The molecule has 158 valence electrons. The fraction of sp³-hybridized carbons (Fsp3) is 0.182. The minimum atomic E-state index is -0.433. The van der Waals surface area contributed by atoms with Crippen LogP contribution in [-0.2, 0) is 11.2 Å². The molecule has 0 aliphatic heterocycles. The summed E-state index contributed by atoms with van der Waals surface area (Å²) < 4.78 is 16.4. The molecule has 0 saturated carbocycles. The summed E-state index contributed by atoms with van der Waals surface area (Å²) in [6, 6.07) is 12.6. The molecule has 1 amide bonds. The number of aromatic nitrogens is 4. The number of nitrogens with zero attached hydrogens (tertiary/aromatic N) is 4. The highest BCUT2D eigenvalue weighted by molar-refractivity contribution is 6.30. The van der Waals surface area contributed by atoms with Gasteiger partial charge in [0.25, 0.3) is 0 Å². The van der Waals surface area contributed by atoms with Crippen LogP contribution >= 0.6 is 11.6 Å². The lowest BCUT2D eigenvalue weighted by Gasteiger charge is -2.11. The largest absolute Gasteiger partial charge is 0.326 e. The van der Waals surface area contributed by atoms with Gasteiger partial charge in [-0.25, -0.2) is 4.39 Å². The van der Waals surface area contributed by atoms with E-state index in [9.17, 15) is 14.0 Å². The zero-order valence-electron chi connectivity index (χ0n) is 16.6. The summed E-state index contributed by atoms with van der Waals surface area (Å²) in [5, 5.41) is 11.6. The quantitative estimate of drug-likeness (QED) is 0.494. The second-order valence-electron chi connectivity index (χ2n) is 7.33. The first kappa shape index (κ1) is 20.7. The van der Waals surface area contributed by atoms with Gasteiger partial charge in [0, 0.05) is 35.9 Å². The van der Waals surface area contributed by atoms with Crippen LogP contribution in [0, 0.1) is 11.7 Å². The Kier molecular flexibility index (Phi) is 5.81. The van der Waals surface area contributed by atoms with Crippen LogP contribution in [0.1, 0.15) is 19.2 Å². The van der Waals surface area contributed by atoms with Crippen molar-refractivity contribution in [2.75, 3.05) is 5.32 Å². The molecule has 0 aliphatic rings. The van der Waals surface area contributed by atoms with Gasteiger partial charge < -0.3 is 5.32 Å². The zero-order chi connectivity index (χ0) is 22.0. The Morgan fingerprint density at radius 2 is 1.94 bits per heavy atom. The van der Waals surface area contributed by atoms with E-state index < -0.39 is 11.4 Å². The topological polar surface area (TPSA) is 81.3 Å². The van der Waals surface area contributed by atoms with Crippen molar-refractivity contribution in [2.24, 2.45) is 5.92 Å². The number of carbonyl (C=O) groups is 1. The summed E-state index contributed by atoms with van der Waals surface area (Å²) in [6.45, 7) is 1.93. The van der Waals surface area contributed by atoms with Gasteiger partial charge in [-0.15, -0.1) is 10.2 Å². The van der Waals surface area contributed by atoms with Crippen molar-refractivity contribution in [2.45, 2.75) is 19.8 Å². The van der Waals surface area contributed by atoms with Gasteiger partial charge in [0.1, 0.15) is 11.6 Å². The fourth-order valence-corrected chi connectivity index (χ4v) is 3.47. The molecule has 1 atom stereocenters. The van der Waals surface area contributed by atoms with Crippen LogP contribution in [0.2, 0.25) is 5.02 Å². The van der Waals surface area contributed by atoms with E-state index in [2.05, 4.69) is 15.5 Å². The van der Waals surface area contributed by atoms with Crippen LogP contribution < -0.4 is 10.9 Å². The van der Waals surface area contributed by atoms with E-state index in [1.807, 2.05) is 6.92 Å². The number of halogens is 2. The molecule has 0 radical (unpaired) electrons. The van der Waals surface area contributed by atoms with Crippen LogP contribution in [-0.4, -0.2) is 25.1 Å². The second kappa shape index (κ2) is 8.69. The average Bonchev–Trinajstić information content (AvgIpc) is 3.13. The number of rotatable bonds is 6. The number of hydrogen-bond acceptors (Lipinski definition) is 4. The van der Waals surface area contributed by atoms with Crippen LogP contribution in [0.4, 0.5) is 10.1 Å². The highest BCUT2D eigenvalue weighted by atomic mass is 35.5. The molecule has 7 nitrogen and oxygen atoms in total. The molecule has 1 unspecified atom stereocenters. The van der Waals surface area contributed by atoms with Crippen molar-refractivity contribution in [1.82, 2.24) is 19.2 Å². The predicted molar refractivity (Wildman–Crippen MR) is 116 cm³/mol. The Hall–Kier alpha value is -3.52. The first-order valence-electron chi connectivity index (χ1n) is 9.67. The molecule has 31 heavy (non-hydrogen) atoms. The third kappa shape index (κ3) is 4.64. The first-order valence-corrected chi connectivity index (χ1v) is 10.0. The first-order chi connectivity index (χ1) is 14.9. The van der Waals surface area contributed by atoms with Crippen LogP contribution in [0.15, 0.2) is 65.7 Å². The molecular weight excluding hydrogens is 421 g/mol. The number of carbonyl (C=O) groups excluding carboxylic acids is 1. The summed E-state index contributed by atoms with van der Waals surface area (Å²) in [7, 11) is 0. The number of benzene rings is 2. The number of fused-ring (bicyclic) bond motifs is 1. The molecule has 4 rings (SSSR count). The fourth-order valence-electron chi connectivity index (χ4n) is 3.35. The maximum atomic E-state index is 13.5. The smallest absolute Gasteiger partial charge is 0.300 e.